The fourth-order valence-electron chi connectivity index (χ4n) is 2.92. The molecule has 0 aliphatic carbocycles. The number of nitrogens with zero attached hydrogens (tertiary/aromatic N) is 2. The van der Waals surface area contributed by atoms with Gasteiger partial charge in [-0.1, -0.05) is 23.9 Å². The van der Waals surface area contributed by atoms with Gasteiger partial charge >= 0.3 is 0 Å². The number of quaternary nitrogens is 1. The molecule has 146 valence electrons. The van der Waals surface area contributed by atoms with Gasteiger partial charge in [-0.3, -0.25) is 4.79 Å². The number of nitrogens with one attached hydrogen (secondary N) is 2. The third kappa shape index (κ3) is 5.00. The van der Waals surface area contributed by atoms with E-state index >= 15 is 0 Å². The molecule has 2 aromatic heterocycles. The van der Waals surface area contributed by atoms with Gasteiger partial charge in [0, 0.05) is 11.3 Å². The maximum Gasteiger partial charge on any atom is 0.284 e. The molecular formula is C19H21N4O4S+. The first-order valence-corrected chi connectivity index (χ1v) is 10.0. The Morgan fingerprint density at radius 1 is 1.14 bits per heavy atom. The molecule has 1 aliphatic heterocycles. The van der Waals surface area contributed by atoms with Crippen molar-refractivity contribution in [1.82, 2.24) is 10.2 Å². The number of ether oxygens (including phenoxy) is 1. The summed E-state index contributed by atoms with van der Waals surface area (Å²) >= 11 is 1.18. The van der Waals surface area contributed by atoms with Gasteiger partial charge in [0.25, 0.3) is 11.1 Å². The highest BCUT2D eigenvalue weighted by atomic mass is 32.2. The molecule has 8 nitrogen and oxygen atoms in total. The van der Waals surface area contributed by atoms with E-state index in [9.17, 15) is 4.79 Å². The molecule has 0 atom stereocenters. The van der Waals surface area contributed by atoms with E-state index in [0.717, 1.165) is 38.5 Å². The van der Waals surface area contributed by atoms with Crippen molar-refractivity contribution in [2.45, 2.75) is 11.8 Å². The van der Waals surface area contributed by atoms with Crippen LogP contribution in [0.3, 0.4) is 0 Å². The summed E-state index contributed by atoms with van der Waals surface area (Å²) in [7, 11) is 0. The van der Waals surface area contributed by atoms with Crippen molar-refractivity contribution in [3.8, 4) is 11.7 Å². The Kier molecular flexibility index (Phi) is 6.05. The van der Waals surface area contributed by atoms with Gasteiger partial charge in [0.05, 0.1) is 25.2 Å². The van der Waals surface area contributed by atoms with Crippen molar-refractivity contribution < 1.29 is 23.3 Å². The molecule has 0 radical (unpaired) electrons. The fourth-order valence-corrected chi connectivity index (χ4v) is 3.49. The van der Waals surface area contributed by atoms with Crippen LogP contribution >= 0.6 is 11.8 Å². The van der Waals surface area contributed by atoms with Crippen LogP contribution in [-0.4, -0.2) is 48.2 Å². The van der Waals surface area contributed by atoms with E-state index in [2.05, 4.69) is 27.6 Å². The molecule has 1 fully saturated rings. The molecule has 0 saturated carbocycles. The number of furan rings is 1. The highest BCUT2D eigenvalue weighted by Crippen LogP contribution is 2.23. The summed E-state index contributed by atoms with van der Waals surface area (Å²) in [4.78, 5) is 13.7. The van der Waals surface area contributed by atoms with E-state index < -0.39 is 0 Å². The second-order valence-corrected chi connectivity index (χ2v) is 7.35. The van der Waals surface area contributed by atoms with Crippen LogP contribution in [0.2, 0.25) is 0 Å². The summed E-state index contributed by atoms with van der Waals surface area (Å²) in [6, 6.07) is 11.4. The molecular weight excluding hydrogens is 380 g/mol. The molecule has 1 saturated heterocycles. The molecule has 1 aliphatic rings. The lowest BCUT2D eigenvalue weighted by Gasteiger charge is -2.23. The number of carbonyl (C=O) groups excluding carboxylic acids is 1. The van der Waals surface area contributed by atoms with Crippen LogP contribution in [-0.2, 0) is 16.1 Å². The molecule has 28 heavy (non-hydrogen) atoms. The largest absolute Gasteiger partial charge is 0.459 e. The van der Waals surface area contributed by atoms with Gasteiger partial charge in [-0.2, -0.15) is 0 Å². The van der Waals surface area contributed by atoms with Crippen molar-refractivity contribution in [2.24, 2.45) is 0 Å². The zero-order valence-electron chi connectivity index (χ0n) is 15.2. The van der Waals surface area contributed by atoms with Gasteiger partial charge in [0.2, 0.25) is 5.91 Å². The molecule has 2 N–H and O–H groups in total. The Balaban J connectivity index is 1.24. The zero-order valence-corrected chi connectivity index (χ0v) is 16.0. The Bertz CT molecular complexity index is 889. The summed E-state index contributed by atoms with van der Waals surface area (Å²) in [5, 5.41) is 11.0. The van der Waals surface area contributed by atoms with Crippen LogP contribution in [0.25, 0.3) is 11.7 Å². The lowest BCUT2D eigenvalue weighted by Crippen LogP contribution is -3.12. The van der Waals surface area contributed by atoms with Crippen molar-refractivity contribution in [1.29, 1.82) is 0 Å². The lowest BCUT2D eigenvalue weighted by atomic mass is 10.2. The van der Waals surface area contributed by atoms with Crippen LogP contribution in [0.1, 0.15) is 5.56 Å². The number of benzene rings is 1. The minimum absolute atomic E-state index is 0.130. The summed E-state index contributed by atoms with van der Waals surface area (Å²) in [5.41, 5.74) is 2.02. The predicted molar refractivity (Wildman–Crippen MR) is 103 cm³/mol. The van der Waals surface area contributed by atoms with E-state index in [0.29, 0.717) is 16.9 Å². The standard InChI is InChI=1S/C19H20N4O4S/c24-17(13-28-19-22-21-18(27-19)16-2-1-9-26-16)20-15-5-3-14(4-6-15)12-23-7-10-25-11-8-23/h1-6,9H,7-8,10-13H2,(H,20,24)/p+1. The average molecular weight is 401 g/mol. The Hall–Kier alpha value is -2.62. The Morgan fingerprint density at radius 3 is 2.71 bits per heavy atom. The molecule has 3 heterocycles. The van der Waals surface area contributed by atoms with E-state index in [-0.39, 0.29) is 11.7 Å². The number of aromatic nitrogens is 2. The second-order valence-electron chi connectivity index (χ2n) is 6.42. The summed E-state index contributed by atoms with van der Waals surface area (Å²) in [6.45, 7) is 4.69. The monoisotopic (exact) mass is 401 g/mol. The highest BCUT2D eigenvalue weighted by molar-refractivity contribution is 7.99. The summed E-state index contributed by atoms with van der Waals surface area (Å²) < 4.78 is 16.1. The lowest BCUT2D eigenvalue weighted by molar-refractivity contribution is -0.921. The quantitative estimate of drug-likeness (QED) is 0.579. The number of rotatable bonds is 7. The number of carbonyl (C=O) groups is 1. The van der Waals surface area contributed by atoms with Gasteiger partial charge in [-0.25, -0.2) is 0 Å². The highest BCUT2D eigenvalue weighted by Gasteiger charge is 2.15. The number of thioether (sulfide) groups is 1. The number of amides is 1. The van der Waals surface area contributed by atoms with Crippen LogP contribution in [0.4, 0.5) is 5.69 Å². The first kappa shape index (κ1) is 18.7. The molecule has 4 rings (SSSR count). The Labute approximate surface area is 166 Å². The first-order chi connectivity index (χ1) is 13.8. The molecule has 9 heteroatoms. The van der Waals surface area contributed by atoms with Crippen molar-refractivity contribution >= 4 is 23.4 Å². The fraction of sp³-hybridized carbons (Fsp3) is 0.316. The van der Waals surface area contributed by atoms with Gasteiger partial charge in [0.1, 0.15) is 19.6 Å². The first-order valence-electron chi connectivity index (χ1n) is 9.06. The smallest absolute Gasteiger partial charge is 0.284 e. The molecule has 0 unspecified atom stereocenters. The molecule has 1 aromatic carbocycles. The number of anilines is 1. The maximum atomic E-state index is 12.2. The predicted octanol–water partition coefficient (Wildman–Crippen LogP) is 1.48. The van der Waals surface area contributed by atoms with Crippen molar-refractivity contribution in [2.75, 3.05) is 37.4 Å². The summed E-state index contributed by atoms with van der Waals surface area (Å²) in [6.07, 6.45) is 1.54. The minimum Gasteiger partial charge on any atom is -0.459 e. The van der Waals surface area contributed by atoms with E-state index in [4.69, 9.17) is 13.6 Å². The second kappa shape index (κ2) is 9.05. The molecule has 3 aromatic rings. The normalized spacial score (nSPS) is 14.9. The SMILES string of the molecule is O=C(CSc1nnc(-c2ccco2)o1)Nc1ccc(C[NH+]2CCOCC2)cc1. The van der Waals surface area contributed by atoms with Gasteiger partial charge < -0.3 is 23.8 Å². The maximum absolute atomic E-state index is 12.2. The summed E-state index contributed by atoms with van der Waals surface area (Å²) in [5.74, 6) is 0.849. The van der Waals surface area contributed by atoms with Gasteiger partial charge in [0.15, 0.2) is 5.76 Å². The van der Waals surface area contributed by atoms with Crippen LogP contribution in [0.15, 0.2) is 56.7 Å². The van der Waals surface area contributed by atoms with E-state index in [1.54, 1.807) is 12.1 Å². The number of hydrogen-bond acceptors (Lipinski definition) is 7. The average Bonchev–Trinajstić information content (AvgIpc) is 3.41. The van der Waals surface area contributed by atoms with Crippen molar-refractivity contribution in [3.63, 3.8) is 0 Å². The zero-order chi connectivity index (χ0) is 19.2. The van der Waals surface area contributed by atoms with Crippen LogP contribution < -0.4 is 10.2 Å². The van der Waals surface area contributed by atoms with E-state index in [1.807, 2.05) is 12.1 Å². The van der Waals surface area contributed by atoms with Gasteiger partial charge in [-0.15, -0.1) is 10.2 Å². The van der Waals surface area contributed by atoms with E-state index in [1.165, 1.54) is 28.5 Å². The van der Waals surface area contributed by atoms with Gasteiger partial charge in [-0.05, 0) is 24.3 Å². The molecule has 0 bridgehead atoms. The van der Waals surface area contributed by atoms with Crippen molar-refractivity contribution in [3.05, 3.63) is 48.2 Å². The number of hydrogen-bond donors (Lipinski definition) is 2. The van der Waals surface area contributed by atoms with Crippen LogP contribution in [0, 0.1) is 0 Å². The Morgan fingerprint density at radius 2 is 1.96 bits per heavy atom. The minimum atomic E-state index is -0.130. The van der Waals surface area contributed by atoms with Crippen LogP contribution in [0.5, 0.6) is 0 Å². The molecule has 0 spiro atoms. The molecule has 1 amide bonds. The topological polar surface area (TPSA) is 94.8 Å². The number of morpholine rings is 1. The third-order valence-electron chi connectivity index (χ3n) is 4.36. The third-order valence-corrected chi connectivity index (χ3v) is 5.18.